The van der Waals surface area contributed by atoms with Gasteiger partial charge in [0, 0.05) is 35.4 Å². The molecular formula is C18H16N2S2. The van der Waals surface area contributed by atoms with Gasteiger partial charge in [0.15, 0.2) is 0 Å². The number of rotatable bonds is 0. The summed E-state index contributed by atoms with van der Waals surface area (Å²) in [6.07, 6.45) is 3.78. The van der Waals surface area contributed by atoms with Crippen LogP contribution in [0.4, 0.5) is 0 Å². The van der Waals surface area contributed by atoms with Crippen molar-refractivity contribution in [1.82, 2.24) is 9.97 Å². The molecule has 4 rings (SSSR count). The molecule has 22 heavy (non-hydrogen) atoms. The van der Waals surface area contributed by atoms with Gasteiger partial charge in [-0.3, -0.25) is 9.97 Å². The SMILES string of the molecule is c1cc2c3c(cccc3c1)CSCc1cncc(n1)CSC2. The number of nitrogens with zero attached hydrogens (tertiary/aromatic N) is 2. The zero-order chi connectivity index (χ0) is 14.8. The van der Waals surface area contributed by atoms with Crippen LogP contribution >= 0.6 is 23.5 Å². The van der Waals surface area contributed by atoms with Crippen LogP contribution in [0.25, 0.3) is 10.8 Å². The van der Waals surface area contributed by atoms with Crippen LogP contribution in [-0.2, 0) is 23.0 Å². The summed E-state index contributed by atoms with van der Waals surface area (Å²) >= 11 is 3.83. The first-order valence-corrected chi connectivity index (χ1v) is 9.66. The first-order valence-electron chi connectivity index (χ1n) is 7.35. The number of thioether (sulfide) groups is 2. The molecule has 2 heterocycles. The third-order valence-corrected chi connectivity index (χ3v) is 5.86. The summed E-state index contributed by atoms with van der Waals surface area (Å²) in [7, 11) is 0. The third kappa shape index (κ3) is 2.85. The number of hydrogen-bond donors (Lipinski definition) is 0. The Kier molecular flexibility index (Phi) is 4.04. The smallest absolute Gasteiger partial charge is 0.0689 e. The van der Waals surface area contributed by atoms with Gasteiger partial charge in [0.1, 0.15) is 0 Å². The number of aromatic nitrogens is 2. The van der Waals surface area contributed by atoms with Gasteiger partial charge in [-0.15, -0.1) is 0 Å². The van der Waals surface area contributed by atoms with Crippen LogP contribution in [-0.4, -0.2) is 9.97 Å². The van der Waals surface area contributed by atoms with Gasteiger partial charge in [0.05, 0.1) is 11.4 Å². The first kappa shape index (κ1) is 14.1. The lowest BCUT2D eigenvalue weighted by molar-refractivity contribution is 1.03. The van der Waals surface area contributed by atoms with Gasteiger partial charge < -0.3 is 0 Å². The lowest BCUT2D eigenvalue weighted by Crippen LogP contribution is -1.98. The summed E-state index contributed by atoms with van der Waals surface area (Å²) in [5, 5.41) is 2.80. The highest BCUT2D eigenvalue weighted by Gasteiger charge is 2.09. The molecule has 1 aliphatic rings. The van der Waals surface area contributed by atoms with E-state index in [0.29, 0.717) is 0 Å². The molecule has 2 aromatic carbocycles. The summed E-state index contributed by atoms with van der Waals surface area (Å²) < 4.78 is 0. The fourth-order valence-corrected chi connectivity index (χ4v) is 4.69. The average Bonchev–Trinajstić information content (AvgIpc) is 2.55. The maximum absolute atomic E-state index is 4.71. The second kappa shape index (κ2) is 6.31. The van der Waals surface area contributed by atoms with Crippen molar-refractivity contribution in [1.29, 1.82) is 0 Å². The molecule has 1 aliphatic heterocycles. The minimum Gasteiger partial charge on any atom is -0.261 e. The number of hydrogen-bond acceptors (Lipinski definition) is 4. The van der Waals surface area contributed by atoms with Crippen molar-refractivity contribution in [2.24, 2.45) is 0 Å². The highest BCUT2D eigenvalue weighted by molar-refractivity contribution is 7.98. The van der Waals surface area contributed by atoms with Crippen LogP contribution in [0.15, 0.2) is 48.8 Å². The van der Waals surface area contributed by atoms with Crippen LogP contribution in [0.1, 0.15) is 22.5 Å². The second-order valence-electron chi connectivity index (χ2n) is 5.42. The van der Waals surface area contributed by atoms with Crippen molar-refractivity contribution in [2.45, 2.75) is 23.0 Å². The molecule has 0 saturated carbocycles. The van der Waals surface area contributed by atoms with Crippen LogP contribution in [0.5, 0.6) is 0 Å². The molecule has 0 fully saturated rings. The van der Waals surface area contributed by atoms with E-state index >= 15 is 0 Å². The van der Waals surface area contributed by atoms with E-state index in [-0.39, 0.29) is 0 Å². The molecular weight excluding hydrogens is 308 g/mol. The van der Waals surface area contributed by atoms with Crippen molar-refractivity contribution in [3.05, 3.63) is 71.3 Å². The normalized spacial score (nSPS) is 15.1. The Hall–Kier alpha value is -1.52. The largest absolute Gasteiger partial charge is 0.261 e. The Labute approximate surface area is 138 Å². The molecule has 0 atom stereocenters. The van der Waals surface area contributed by atoms with Crippen molar-refractivity contribution >= 4 is 34.3 Å². The molecule has 2 bridgehead atoms. The Bertz CT molecular complexity index is 757. The van der Waals surface area contributed by atoms with Crippen LogP contribution in [0.3, 0.4) is 0 Å². The highest BCUT2D eigenvalue weighted by atomic mass is 32.2. The molecule has 0 unspecified atom stereocenters. The molecule has 0 N–H and O–H groups in total. The zero-order valence-corrected chi connectivity index (χ0v) is 13.8. The Morgan fingerprint density at radius 3 is 1.91 bits per heavy atom. The Balaban J connectivity index is 1.76. The van der Waals surface area contributed by atoms with Gasteiger partial charge in [-0.25, -0.2) is 0 Å². The fourth-order valence-electron chi connectivity index (χ4n) is 2.86. The Morgan fingerprint density at radius 1 is 0.727 bits per heavy atom. The predicted octanol–water partition coefficient (Wildman–Crippen LogP) is 4.81. The van der Waals surface area contributed by atoms with Crippen LogP contribution in [0, 0.1) is 0 Å². The van der Waals surface area contributed by atoms with Gasteiger partial charge in [-0.1, -0.05) is 36.4 Å². The van der Waals surface area contributed by atoms with Crippen LogP contribution in [0.2, 0.25) is 0 Å². The minimum absolute atomic E-state index is 0.921. The van der Waals surface area contributed by atoms with E-state index in [4.69, 9.17) is 4.98 Å². The van der Waals surface area contributed by atoms with E-state index in [1.165, 1.54) is 21.9 Å². The lowest BCUT2D eigenvalue weighted by atomic mass is 10.0. The van der Waals surface area contributed by atoms with E-state index in [2.05, 4.69) is 41.4 Å². The lowest BCUT2D eigenvalue weighted by Gasteiger charge is -2.13. The van der Waals surface area contributed by atoms with E-state index in [1.54, 1.807) is 0 Å². The number of benzene rings is 2. The zero-order valence-electron chi connectivity index (χ0n) is 12.2. The van der Waals surface area contributed by atoms with Gasteiger partial charge >= 0.3 is 0 Å². The molecule has 1 aromatic heterocycles. The summed E-state index contributed by atoms with van der Waals surface area (Å²) in [6, 6.07) is 13.3. The van der Waals surface area contributed by atoms with Crippen molar-refractivity contribution in [2.75, 3.05) is 0 Å². The second-order valence-corrected chi connectivity index (χ2v) is 7.39. The molecule has 3 aromatic rings. The standard InChI is InChI=1S/C18H16N2S2/c1-3-13-4-2-6-15-10-22-12-17-8-19-7-16(20-17)11-21-9-14(5-1)18(13)15/h1-8H,9-12H2. The quantitative estimate of drug-likeness (QED) is 0.592. The minimum atomic E-state index is 0.921. The topological polar surface area (TPSA) is 25.8 Å². The fraction of sp³-hybridized carbons (Fsp3) is 0.222. The summed E-state index contributed by atoms with van der Waals surface area (Å²) in [4.78, 5) is 9.04. The van der Waals surface area contributed by atoms with Gasteiger partial charge in [0.2, 0.25) is 0 Å². The van der Waals surface area contributed by atoms with Crippen molar-refractivity contribution < 1.29 is 0 Å². The highest BCUT2D eigenvalue weighted by Crippen LogP contribution is 2.30. The van der Waals surface area contributed by atoms with E-state index in [0.717, 1.165) is 34.4 Å². The molecule has 0 spiro atoms. The maximum atomic E-state index is 4.71. The average molecular weight is 324 g/mol. The Morgan fingerprint density at radius 2 is 1.32 bits per heavy atom. The molecule has 0 radical (unpaired) electrons. The molecule has 0 amide bonds. The van der Waals surface area contributed by atoms with E-state index < -0.39 is 0 Å². The predicted molar refractivity (Wildman–Crippen MR) is 96.0 cm³/mol. The van der Waals surface area contributed by atoms with Gasteiger partial charge in [-0.2, -0.15) is 23.5 Å². The summed E-state index contributed by atoms with van der Waals surface area (Å²) in [6.45, 7) is 0. The monoisotopic (exact) mass is 324 g/mol. The van der Waals surface area contributed by atoms with Crippen molar-refractivity contribution in [3.63, 3.8) is 0 Å². The molecule has 0 aliphatic carbocycles. The van der Waals surface area contributed by atoms with E-state index in [1.807, 2.05) is 35.9 Å². The molecule has 110 valence electrons. The summed E-state index contributed by atoms with van der Waals surface area (Å²) in [5.41, 5.74) is 5.04. The molecule has 0 saturated heterocycles. The third-order valence-electron chi connectivity index (χ3n) is 3.83. The molecule has 2 nitrogen and oxygen atoms in total. The van der Waals surface area contributed by atoms with Gasteiger partial charge in [0.25, 0.3) is 0 Å². The number of fused-ring (bicyclic) bond motifs is 2. The van der Waals surface area contributed by atoms with Gasteiger partial charge in [-0.05, 0) is 21.9 Å². The van der Waals surface area contributed by atoms with Crippen LogP contribution < -0.4 is 0 Å². The first-order chi connectivity index (χ1) is 10.9. The summed E-state index contributed by atoms with van der Waals surface area (Å²) in [5.74, 6) is 3.88. The van der Waals surface area contributed by atoms with E-state index in [9.17, 15) is 0 Å². The van der Waals surface area contributed by atoms with Crippen molar-refractivity contribution in [3.8, 4) is 0 Å². The molecule has 4 heteroatoms. The maximum Gasteiger partial charge on any atom is 0.0689 e.